The minimum atomic E-state index is -0.436. The third kappa shape index (κ3) is 0.787. The van der Waals surface area contributed by atoms with Crippen molar-refractivity contribution in [3.05, 3.63) is 22.4 Å². The summed E-state index contributed by atoms with van der Waals surface area (Å²) in [6, 6.07) is 3.97. The Kier molecular flexibility index (Phi) is 0.957. The maximum Gasteiger partial charge on any atom is 0.202 e. The lowest BCUT2D eigenvalue weighted by Gasteiger charge is -1.96. The van der Waals surface area contributed by atoms with Crippen LogP contribution in [0.2, 0.25) is 0 Å². The number of halogens is 1. The van der Waals surface area contributed by atoms with Crippen LogP contribution in [0, 0.1) is 0 Å². The fourth-order valence-corrected chi connectivity index (χ4v) is 1.64. The van der Waals surface area contributed by atoms with Crippen molar-refractivity contribution in [2.75, 3.05) is 0 Å². The standard InChI is InChI=1S/C6H4ClNS/c7-6(4-8-6)5-2-1-3-9-5/h1-4H. The van der Waals surface area contributed by atoms with Crippen LogP contribution in [-0.2, 0) is 5.00 Å². The molecule has 46 valence electrons. The first-order chi connectivity index (χ1) is 4.31. The van der Waals surface area contributed by atoms with Gasteiger partial charge in [0.05, 0.1) is 4.88 Å². The van der Waals surface area contributed by atoms with Gasteiger partial charge in [-0.15, -0.1) is 11.3 Å². The molecule has 3 heteroatoms. The lowest BCUT2D eigenvalue weighted by Crippen LogP contribution is -1.95. The van der Waals surface area contributed by atoms with Gasteiger partial charge in [0.25, 0.3) is 0 Å². The quantitative estimate of drug-likeness (QED) is 0.438. The smallest absolute Gasteiger partial charge is 0.202 e. The number of rotatable bonds is 1. The topological polar surface area (TPSA) is 12.4 Å². The Balaban J connectivity index is 2.36. The summed E-state index contributed by atoms with van der Waals surface area (Å²) in [5, 5.41) is 2.00. The lowest BCUT2D eigenvalue weighted by atomic mass is 10.3. The van der Waals surface area contributed by atoms with Crippen LogP contribution in [0.25, 0.3) is 0 Å². The highest BCUT2D eigenvalue weighted by Crippen LogP contribution is 2.39. The lowest BCUT2D eigenvalue weighted by molar-refractivity contribution is 1.07. The van der Waals surface area contributed by atoms with Gasteiger partial charge in [-0.25, -0.2) is 0 Å². The monoisotopic (exact) mass is 157 g/mol. The molecule has 0 saturated heterocycles. The molecule has 1 nitrogen and oxygen atoms in total. The van der Waals surface area contributed by atoms with Crippen LogP contribution >= 0.6 is 22.9 Å². The molecule has 9 heavy (non-hydrogen) atoms. The predicted octanol–water partition coefficient (Wildman–Crippen LogP) is 2.22. The number of hydrogen-bond donors (Lipinski definition) is 0. The van der Waals surface area contributed by atoms with Crippen LogP contribution in [0.15, 0.2) is 22.5 Å². The zero-order chi connectivity index (χ0) is 6.32. The molecule has 1 aliphatic rings. The first kappa shape index (κ1) is 5.45. The van der Waals surface area contributed by atoms with Gasteiger partial charge in [-0.2, -0.15) is 0 Å². The average Bonchev–Trinajstić information content (AvgIpc) is 2.46. The van der Waals surface area contributed by atoms with Crippen molar-refractivity contribution in [3.63, 3.8) is 0 Å². The summed E-state index contributed by atoms with van der Waals surface area (Å²) >= 11 is 7.53. The molecule has 0 N–H and O–H groups in total. The van der Waals surface area contributed by atoms with Crippen LogP contribution in [0.4, 0.5) is 0 Å². The Morgan fingerprint density at radius 3 is 2.89 bits per heavy atom. The fourth-order valence-electron chi connectivity index (χ4n) is 0.662. The second-order valence-corrected chi connectivity index (χ2v) is 3.43. The van der Waals surface area contributed by atoms with Gasteiger partial charge in [0.15, 0.2) is 0 Å². The van der Waals surface area contributed by atoms with Crippen LogP contribution in [0.5, 0.6) is 0 Å². The largest absolute Gasteiger partial charge is 0.259 e. The van der Waals surface area contributed by atoms with Crippen molar-refractivity contribution in [2.24, 2.45) is 4.99 Å². The van der Waals surface area contributed by atoms with Gasteiger partial charge in [-0.1, -0.05) is 17.7 Å². The number of aliphatic imine (C=N–C) groups is 1. The van der Waals surface area contributed by atoms with E-state index in [-0.39, 0.29) is 0 Å². The van der Waals surface area contributed by atoms with E-state index in [4.69, 9.17) is 11.6 Å². The number of alkyl halides is 1. The predicted molar refractivity (Wildman–Crippen MR) is 40.3 cm³/mol. The van der Waals surface area contributed by atoms with E-state index in [1.165, 1.54) is 0 Å². The zero-order valence-electron chi connectivity index (χ0n) is 4.54. The second kappa shape index (κ2) is 1.58. The molecule has 1 aliphatic heterocycles. The van der Waals surface area contributed by atoms with E-state index in [2.05, 4.69) is 4.99 Å². The number of thiophene rings is 1. The third-order valence-corrected chi connectivity index (χ3v) is 2.73. The van der Waals surface area contributed by atoms with Gasteiger partial charge in [0.1, 0.15) is 0 Å². The Hall–Kier alpha value is -0.340. The van der Waals surface area contributed by atoms with Crippen LogP contribution < -0.4 is 0 Å². The first-order valence-electron chi connectivity index (χ1n) is 2.60. The average molecular weight is 158 g/mol. The molecule has 0 saturated carbocycles. The molecule has 1 aromatic heterocycles. The highest BCUT2D eigenvalue weighted by molar-refractivity contribution is 7.10. The van der Waals surface area contributed by atoms with E-state index in [1.54, 1.807) is 17.6 Å². The van der Waals surface area contributed by atoms with Gasteiger partial charge in [-0.3, -0.25) is 4.99 Å². The molecule has 1 unspecified atom stereocenters. The van der Waals surface area contributed by atoms with Crippen LogP contribution in [0.1, 0.15) is 4.88 Å². The number of nitrogens with zero attached hydrogens (tertiary/aromatic N) is 1. The van der Waals surface area contributed by atoms with Crippen molar-refractivity contribution >= 4 is 29.2 Å². The summed E-state index contributed by atoms with van der Waals surface area (Å²) in [6.45, 7) is 0. The second-order valence-electron chi connectivity index (χ2n) is 1.91. The Morgan fingerprint density at radius 1 is 1.67 bits per heavy atom. The van der Waals surface area contributed by atoms with E-state index < -0.39 is 5.00 Å². The van der Waals surface area contributed by atoms with Crippen molar-refractivity contribution in [3.8, 4) is 0 Å². The first-order valence-corrected chi connectivity index (χ1v) is 3.86. The van der Waals surface area contributed by atoms with E-state index >= 15 is 0 Å². The molecular weight excluding hydrogens is 154 g/mol. The van der Waals surface area contributed by atoms with Gasteiger partial charge in [-0.05, 0) is 11.4 Å². The Labute approximate surface area is 62.0 Å². The SMILES string of the molecule is ClC1(c2cccs2)C=N1. The summed E-state index contributed by atoms with van der Waals surface area (Å²) in [5.41, 5.74) is 0. The minimum absolute atomic E-state index is 0.436. The van der Waals surface area contributed by atoms with Crippen molar-refractivity contribution < 1.29 is 0 Å². The zero-order valence-corrected chi connectivity index (χ0v) is 6.12. The van der Waals surface area contributed by atoms with Crippen LogP contribution in [-0.4, -0.2) is 6.21 Å². The molecule has 2 rings (SSSR count). The molecule has 2 heterocycles. The fraction of sp³-hybridized carbons (Fsp3) is 0.167. The molecule has 0 aromatic carbocycles. The maximum absolute atomic E-state index is 5.90. The Bertz CT molecular complexity index is 234. The summed E-state index contributed by atoms with van der Waals surface area (Å²) in [6.07, 6.45) is 1.75. The minimum Gasteiger partial charge on any atom is -0.259 e. The molecule has 0 fully saturated rings. The molecular formula is C6H4ClNS. The molecule has 0 spiro atoms. The molecule has 0 amide bonds. The van der Waals surface area contributed by atoms with E-state index in [9.17, 15) is 0 Å². The molecule has 0 bridgehead atoms. The summed E-state index contributed by atoms with van der Waals surface area (Å²) in [7, 11) is 0. The van der Waals surface area contributed by atoms with Crippen LogP contribution in [0.3, 0.4) is 0 Å². The van der Waals surface area contributed by atoms with Crippen molar-refractivity contribution in [1.82, 2.24) is 0 Å². The molecule has 0 radical (unpaired) electrons. The highest BCUT2D eigenvalue weighted by Gasteiger charge is 2.36. The Morgan fingerprint density at radius 2 is 2.44 bits per heavy atom. The van der Waals surface area contributed by atoms with Crippen molar-refractivity contribution in [1.29, 1.82) is 0 Å². The van der Waals surface area contributed by atoms with Crippen molar-refractivity contribution in [2.45, 2.75) is 5.00 Å². The normalized spacial score (nSPS) is 30.8. The molecule has 0 aliphatic carbocycles. The summed E-state index contributed by atoms with van der Waals surface area (Å²) < 4.78 is 0. The van der Waals surface area contributed by atoms with Gasteiger partial charge in [0.2, 0.25) is 5.00 Å². The third-order valence-electron chi connectivity index (χ3n) is 1.22. The van der Waals surface area contributed by atoms with E-state index in [1.807, 2.05) is 17.5 Å². The van der Waals surface area contributed by atoms with Gasteiger partial charge >= 0.3 is 0 Å². The highest BCUT2D eigenvalue weighted by atomic mass is 35.5. The van der Waals surface area contributed by atoms with E-state index in [0.29, 0.717) is 0 Å². The van der Waals surface area contributed by atoms with Gasteiger partial charge < -0.3 is 0 Å². The molecule has 1 atom stereocenters. The maximum atomic E-state index is 5.90. The summed E-state index contributed by atoms with van der Waals surface area (Å²) in [4.78, 5) is 4.61. The van der Waals surface area contributed by atoms with Gasteiger partial charge in [0, 0.05) is 6.21 Å². The molecule has 1 aromatic rings. The number of hydrogen-bond acceptors (Lipinski definition) is 2. The summed E-state index contributed by atoms with van der Waals surface area (Å²) in [5.74, 6) is 0. The van der Waals surface area contributed by atoms with E-state index in [0.717, 1.165) is 4.88 Å².